The third-order valence-electron chi connectivity index (χ3n) is 3.05. The van der Waals surface area contributed by atoms with Crippen molar-refractivity contribution in [3.8, 4) is 0 Å². The normalized spacial score (nSPS) is 17.8. The molecule has 0 spiro atoms. The van der Waals surface area contributed by atoms with Crippen LogP contribution < -0.4 is 5.73 Å². The molecule has 1 aromatic heterocycles. The fourth-order valence-corrected chi connectivity index (χ4v) is 2.28. The van der Waals surface area contributed by atoms with E-state index in [0.29, 0.717) is 6.54 Å². The van der Waals surface area contributed by atoms with E-state index < -0.39 is 0 Å². The van der Waals surface area contributed by atoms with Crippen molar-refractivity contribution >= 4 is 0 Å². The van der Waals surface area contributed by atoms with Crippen LogP contribution in [0.5, 0.6) is 0 Å². The van der Waals surface area contributed by atoms with Gasteiger partial charge < -0.3 is 10.7 Å². The number of aromatic amines is 1. The maximum Gasteiger partial charge on any atom is 0.106 e. The molecule has 1 aromatic rings. The molecule has 3 heteroatoms. The molecule has 0 aliphatic heterocycles. The second kappa shape index (κ2) is 4.60. The van der Waals surface area contributed by atoms with Gasteiger partial charge in [-0.3, -0.25) is 0 Å². The number of hydrogen-bond donors (Lipinski definition) is 2. The molecule has 14 heavy (non-hydrogen) atoms. The Morgan fingerprint density at radius 3 is 2.93 bits per heavy atom. The van der Waals surface area contributed by atoms with Crippen molar-refractivity contribution in [1.82, 2.24) is 9.97 Å². The van der Waals surface area contributed by atoms with Crippen molar-refractivity contribution in [1.29, 1.82) is 0 Å². The van der Waals surface area contributed by atoms with Crippen molar-refractivity contribution in [3.05, 3.63) is 17.7 Å². The monoisotopic (exact) mass is 193 g/mol. The van der Waals surface area contributed by atoms with Gasteiger partial charge in [0.15, 0.2) is 0 Å². The molecule has 0 bridgehead atoms. The first kappa shape index (κ1) is 9.71. The summed E-state index contributed by atoms with van der Waals surface area (Å²) in [5.41, 5.74) is 6.67. The maximum atomic E-state index is 5.49. The first-order valence-corrected chi connectivity index (χ1v) is 5.61. The van der Waals surface area contributed by atoms with Gasteiger partial charge in [-0.25, -0.2) is 4.98 Å². The Bertz CT molecular complexity index is 274. The number of H-pyrrole nitrogens is 1. The lowest BCUT2D eigenvalue weighted by atomic mass is 10.0. The van der Waals surface area contributed by atoms with E-state index in [9.17, 15) is 0 Å². The number of imidazole rings is 1. The quantitative estimate of drug-likeness (QED) is 0.763. The van der Waals surface area contributed by atoms with Crippen molar-refractivity contribution in [3.63, 3.8) is 0 Å². The SMILES string of the molecule is NCCc1cnc(CC2CCCC2)[nH]1. The number of nitrogens with zero attached hydrogens (tertiary/aromatic N) is 1. The molecule has 0 amide bonds. The molecule has 0 atom stereocenters. The van der Waals surface area contributed by atoms with Crippen LogP contribution >= 0.6 is 0 Å². The number of aromatic nitrogens is 2. The van der Waals surface area contributed by atoms with Crippen LogP contribution in [0.2, 0.25) is 0 Å². The Hall–Kier alpha value is -0.830. The molecule has 3 nitrogen and oxygen atoms in total. The summed E-state index contributed by atoms with van der Waals surface area (Å²) in [6, 6.07) is 0. The van der Waals surface area contributed by atoms with Crippen LogP contribution in [0.4, 0.5) is 0 Å². The van der Waals surface area contributed by atoms with Gasteiger partial charge in [0.1, 0.15) is 5.82 Å². The topological polar surface area (TPSA) is 54.7 Å². The van der Waals surface area contributed by atoms with Crippen LogP contribution in [-0.4, -0.2) is 16.5 Å². The molecular formula is C11H19N3. The summed E-state index contributed by atoms with van der Waals surface area (Å²) in [5.74, 6) is 2.02. The van der Waals surface area contributed by atoms with Crippen LogP contribution in [0.25, 0.3) is 0 Å². The lowest BCUT2D eigenvalue weighted by Gasteiger charge is -2.04. The van der Waals surface area contributed by atoms with E-state index >= 15 is 0 Å². The summed E-state index contributed by atoms with van der Waals surface area (Å²) in [7, 11) is 0. The zero-order valence-electron chi connectivity index (χ0n) is 8.63. The predicted molar refractivity (Wildman–Crippen MR) is 57.0 cm³/mol. The molecule has 1 saturated carbocycles. The minimum Gasteiger partial charge on any atom is -0.346 e. The zero-order chi connectivity index (χ0) is 9.80. The first-order chi connectivity index (χ1) is 6.88. The van der Waals surface area contributed by atoms with Gasteiger partial charge in [-0.2, -0.15) is 0 Å². The van der Waals surface area contributed by atoms with Gasteiger partial charge >= 0.3 is 0 Å². The summed E-state index contributed by atoms with van der Waals surface area (Å²) in [6.07, 6.45) is 9.54. The molecule has 1 aliphatic rings. The third kappa shape index (κ3) is 2.35. The standard InChI is InChI=1S/C11H19N3/c12-6-5-10-8-13-11(14-10)7-9-3-1-2-4-9/h8-9H,1-7,12H2,(H,13,14). The second-order valence-electron chi connectivity index (χ2n) is 4.25. The van der Waals surface area contributed by atoms with E-state index in [2.05, 4.69) is 9.97 Å². The average Bonchev–Trinajstić information content (AvgIpc) is 2.79. The minimum absolute atomic E-state index is 0.699. The van der Waals surface area contributed by atoms with E-state index in [4.69, 9.17) is 5.73 Å². The Balaban J connectivity index is 1.88. The van der Waals surface area contributed by atoms with Crippen LogP contribution in [0.1, 0.15) is 37.2 Å². The fraction of sp³-hybridized carbons (Fsp3) is 0.727. The largest absolute Gasteiger partial charge is 0.346 e. The molecule has 1 heterocycles. The summed E-state index contributed by atoms with van der Waals surface area (Å²) >= 11 is 0. The van der Waals surface area contributed by atoms with E-state index in [-0.39, 0.29) is 0 Å². The maximum absolute atomic E-state index is 5.49. The Labute approximate surface area is 85.1 Å². The summed E-state index contributed by atoms with van der Waals surface area (Å²) in [4.78, 5) is 7.74. The van der Waals surface area contributed by atoms with Gasteiger partial charge in [-0.15, -0.1) is 0 Å². The average molecular weight is 193 g/mol. The van der Waals surface area contributed by atoms with Crippen molar-refractivity contribution in [2.45, 2.75) is 38.5 Å². The van der Waals surface area contributed by atoms with E-state index in [1.165, 1.54) is 31.4 Å². The van der Waals surface area contributed by atoms with Crippen LogP contribution in [0.3, 0.4) is 0 Å². The number of rotatable bonds is 4. The van der Waals surface area contributed by atoms with Crippen molar-refractivity contribution < 1.29 is 0 Å². The lowest BCUT2D eigenvalue weighted by molar-refractivity contribution is 0.532. The van der Waals surface area contributed by atoms with Crippen LogP contribution in [0.15, 0.2) is 6.20 Å². The number of nitrogens with one attached hydrogen (secondary N) is 1. The smallest absolute Gasteiger partial charge is 0.106 e. The van der Waals surface area contributed by atoms with E-state index in [0.717, 1.165) is 24.6 Å². The zero-order valence-corrected chi connectivity index (χ0v) is 8.63. The van der Waals surface area contributed by atoms with Gasteiger partial charge in [0.2, 0.25) is 0 Å². The van der Waals surface area contributed by atoms with Crippen LogP contribution in [-0.2, 0) is 12.8 Å². The fourth-order valence-electron chi connectivity index (χ4n) is 2.28. The molecule has 1 aliphatic carbocycles. The first-order valence-electron chi connectivity index (χ1n) is 5.61. The second-order valence-corrected chi connectivity index (χ2v) is 4.25. The number of nitrogens with two attached hydrogens (primary N) is 1. The third-order valence-corrected chi connectivity index (χ3v) is 3.05. The number of hydrogen-bond acceptors (Lipinski definition) is 2. The Kier molecular flexibility index (Phi) is 3.19. The van der Waals surface area contributed by atoms with Gasteiger partial charge in [0.25, 0.3) is 0 Å². The van der Waals surface area contributed by atoms with Gasteiger partial charge in [0.05, 0.1) is 0 Å². The molecule has 2 rings (SSSR count). The van der Waals surface area contributed by atoms with Crippen molar-refractivity contribution in [2.24, 2.45) is 11.7 Å². The minimum atomic E-state index is 0.699. The molecular weight excluding hydrogens is 174 g/mol. The molecule has 3 N–H and O–H groups in total. The van der Waals surface area contributed by atoms with E-state index in [1.54, 1.807) is 0 Å². The highest BCUT2D eigenvalue weighted by Gasteiger charge is 2.16. The lowest BCUT2D eigenvalue weighted by Crippen LogP contribution is -2.04. The van der Waals surface area contributed by atoms with Crippen LogP contribution in [0, 0.1) is 5.92 Å². The highest BCUT2D eigenvalue weighted by molar-refractivity contribution is 5.02. The molecule has 0 radical (unpaired) electrons. The highest BCUT2D eigenvalue weighted by Crippen LogP contribution is 2.27. The van der Waals surface area contributed by atoms with Gasteiger partial charge in [0, 0.05) is 24.7 Å². The Morgan fingerprint density at radius 2 is 2.21 bits per heavy atom. The molecule has 0 aromatic carbocycles. The molecule has 0 unspecified atom stereocenters. The molecule has 1 fully saturated rings. The van der Waals surface area contributed by atoms with Gasteiger partial charge in [-0.05, 0) is 12.5 Å². The molecule has 0 saturated heterocycles. The predicted octanol–water partition coefficient (Wildman–Crippen LogP) is 1.64. The summed E-state index contributed by atoms with van der Waals surface area (Å²) in [6.45, 7) is 0.699. The van der Waals surface area contributed by atoms with Crippen molar-refractivity contribution in [2.75, 3.05) is 6.54 Å². The molecule has 78 valence electrons. The van der Waals surface area contributed by atoms with Gasteiger partial charge in [-0.1, -0.05) is 25.7 Å². The van der Waals surface area contributed by atoms with E-state index in [1.807, 2.05) is 6.20 Å². The highest BCUT2D eigenvalue weighted by atomic mass is 14.9. The summed E-state index contributed by atoms with van der Waals surface area (Å²) < 4.78 is 0. The summed E-state index contributed by atoms with van der Waals surface area (Å²) in [5, 5.41) is 0. The Morgan fingerprint density at radius 1 is 1.43 bits per heavy atom.